The van der Waals surface area contributed by atoms with Crippen molar-refractivity contribution in [2.24, 2.45) is 17.8 Å². The number of fused-ring (bicyclic) bond motifs is 3. The van der Waals surface area contributed by atoms with Gasteiger partial charge in [0.2, 0.25) is 5.91 Å². The zero-order valence-corrected chi connectivity index (χ0v) is 14.2. The third-order valence-corrected chi connectivity index (χ3v) is 6.01. The Morgan fingerprint density at radius 3 is 2.70 bits per heavy atom. The highest BCUT2D eigenvalue weighted by molar-refractivity contribution is 5.84. The molecule has 0 radical (unpaired) electrons. The molecule has 4 rings (SSSR count). The molecule has 0 spiro atoms. The molecule has 4 heteroatoms. The fourth-order valence-corrected chi connectivity index (χ4v) is 4.71. The maximum atomic E-state index is 13.0. The first-order valence-corrected chi connectivity index (χ1v) is 8.74. The monoisotopic (exact) mass is 314 g/mol. The standard InChI is InChI=1S/C19H26N2O2/c1-13(2)17-12-23-19(3)16-11-20(9-14-7-5-4-6-8-14)10-15(16)18(22)21(17)19/h4-8,13,15-17H,9-12H2,1-3H3/t15-,16+,17-,19-/m1/s1. The number of benzene rings is 1. The second kappa shape index (κ2) is 5.32. The van der Waals surface area contributed by atoms with Gasteiger partial charge in [0.15, 0.2) is 0 Å². The van der Waals surface area contributed by atoms with Crippen molar-refractivity contribution < 1.29 is 9.53 Å². The molecule has 1 aromatic rings. The van der Waals surface area contributed by atoms with Crippen LogP contribution < -0.4 is 0 Å². The summed E-state index contributed by atoms with van der Waals surface area (Å²) in [4.78, 5) is 17.5. The molecule has 1 aromatic carbocycles. The van der Waals surface area contributed by atoms with Crippen LogP contribution in [0.2, 0.25) is 0 Å². The van der Waals surface area contributed by atoms with Gasteiger partial charge < -0.3 is 9.64 Å². The minimum atomic E-state index is -0.401. The molecule has 4 nitrogen and oxygen atoms in total. The molecule has 0 aliphatic carbocycles. The van der Waals surface area contributed by atoms with Crippen molar-refractivity contribution in [2.75, 3.05) is 19.7 Å². The van der Waals surface area contributed by atoms with Crippen LogP contribution in [-0.2, 0) is 16.1 Å². The Labute approximate surface area is 138 Å². The van der Waals surface area contributed by atoms with Crippen LogP contribution in [-0.4, -0.2) is 47.2 Å². The van der Waals surface area contributed by atoms with Crippen LogP contribution in [0, 0.1) is 17.8 Å². The van der Waals surface area contributed by atoms with Gasteiger partial charge in [-0.1, -0.05) is 44.2 Å². The number of carbonyl (C=O) groups excluding carboxylic acids is 1. The van der Waals surface area contributed by atoms with E-state index in [4.69, 9.17) is 4.74 Å². The molecule has 124 valence electrons. The molecule has 4 atom stereocenters. The first-order chi connectivity index (χ1) is 11.0. The summed E-state index contributed by atoms with van der Waals surface area (Å²) in [5, 5.41) is 0. The lowest BCUT2D eigenvalue weighted by Crippen LogP contribution is -2.49. The van der Waals surface area contributed by atoms with E-state index in [1.807, 2.05) is 6.07 Å². The fraction of sp³-hybridized carbons (Fsp3) is 0.632. The molecule has 3 saturated heterocycles. The summed E-state index contributed by atoms with van der Waals surface area (Å²) in [6, 6.07) is 10.8. The van der Waals surface area contributed by atoms with Crippen LogP contribution in [0.5, 0.6) is 0 Å². The largest absolute Gasteiger partial charge is 0.353 e. The average molecular weight is 314 g/mol. The number of likely N-dealkylation sites (tertiary alicyclic amines) is 1. The highest BCUT2D eigenvalue weighted by Crippen LogP contribution is 2.50. The number of hydrogen-bond donors (Lipinski definition) is 0. The van der Waals surface area contributed by atoms with E-state index in [1.54, 1.807) is 0 Å². The van der Waals surface area contributed by atoms with Crippen molar-refractivity contribution in [3.63, 3.8) is 0 Å². The van der Waals surface area contributed by atoms with E-state index in [0.29, 0.717) is 24.3 Å². The van der Waals surface area contributed by atoms with E-state index >= 15 is 0 Å². The van der Waals surface area contributed by atoms with Crippen LogP contribution in [0.1, 0.15) is 26.3 Å². The highest BCUT2D eigenvalue weighted by atomic mass is 16.5. The molecule has 3 aliphatic heterocycles. The second-order valence-electron chi connectivity index (χ2n) is 7.78. The van der Waals surface area contributed by atoms with Crippen LogP contribution in [0.4, 0.5) is 0 Å². The summed E-state index contributed by atoms with van der Waals surface area (Å²) in [7, 11) is 0. The van der Waals surface area contributed by atoms with Crippen LogP contribution in [0.15, 0.2) is 30.3 Å². The lowest BCUT2D eigenvalue weighted by atomic mass is 9.92. The van der Waals surface area contributed by atoms with Gasteiger partial charge in [0.25, 0.3) is 0 Å². The predicted molar refractivity (Wildman–Crippen MR) is 88.5 cm³/mol. The molecule has 23 heavy (non-hydrogen) atoms. The molecular formula is C19H26N2O2. The number of hydrogen-bond acceptors (Lipinski definition) is 3. The maximum Gasteiger partial charge on any atom is 0.230 e. The Morgan fingerprint density at radius 1 is 1.26 bits per heavy atom. The van der Waals surface area contributed by atoms with Gasteiger partial charge >= 0.3 is 0 Å². The topological polar surface area (TPSA) is 32.8 Å². The molecule has 1 amide bonds. The first kappa shape index (κ1) is 15.2. The smallest absolute Gasteiger partial charge is 0.230 e. The van der Waals surface area contributed by atoms with E-state index in [9.17, 15) is 4.79 Å². The maximum absolute atomic E-state index is 13.0. The molecule has 3 heterocycles. The van der Waals surface area contributed by atoms with Gasteiger partial charge in [0, 0.05) is 25.6 Å². The number of nitrogens with zero attached hydrogens (tertiary/aromatic N) is 2. The molecule has 3 aliphatic rings. The van der Waals surface area contributed by atoms with E-state index in [0.717, 1.165) is 19.6 Å². The third kappa shape index (κ3) is 2.23. The normalized spacial score (nSPS) is 36.8. The zero-order chi connectivity index (χ0) is 16.2. The zero-order valence-electron chi connectivity index (χ0n) is 14.2. The van der Waals surface area contributed by atoms with Crippen molar-refractivity contribution in [2.45, 2.75) is 39.1 Å². The Morgan fingerprint density at radius 2 is 2.00 bits per heavy atom. The summed E-state index contributed by atoms with van der Waals surface area (Å²) in [5.41, 5.74) is 0.914. The van der Waals surface area contributed by atoms with Gasteiger partial charge in [0.1, 0.15) is 5.72 Å². The summed E-state index contributed by atoms with van der Waals surface area (Å²) in [6.07, 6.45) is 0. The SMILES string of the molecule is CC(C)[C@H]1CO[C@]2(C)[C@H]3CN(Cc4ccccc4)C[C@H]3C(=O)N12. The first-order valence-electron chi connectivity index (χ1n) is 8.74. The molecule has 0 aromatic heterocycles. The predicted octanol–water partition coefficient (Wildman–Crippen LogP) is 2.35. The third-order valence-electron chi connectivity index (χ3n) is 6.01. The highest BCUT2D eigenvalue weighted by Gasteiger charge is 2.64. The number of carbonyl (C=O) groups is 1. The van der Waals surface area contributed by atoms with Crippen molar-refractivity contribution >= 4 is 5.91 Å². The summed E-state index contributed by atoms with van der Waals surface area (Å²) in [5.74, 6) is 1.15. The minimum Gasteiger partial charge on any atom is -0.353 e. The number of rotatable bonds is 3. The molecule has 0 bridgehead atoms. The van der Waals surface area contributed by atoms with Crippen LogP contribution >= 0.6 is 0 Å². The minimum absolute atomic E-state index is 0.102. The summed E-state index contributed by atoms with van der Waals surface area (Å²) < 4.78 is 6.20. The van der Waals surface area contributed by atoms with Crippen molar-refractivity contribution in [1.29, 1.82) is 0 Å². The van der Waals surface area contributed by atoms with E-state index in [1.165, 1.54) is 5.56 Å². The van der Waals surface area contributed by atoms with Gasteiger partial charge in [-0.05, 0) is 18.4 Å². The van der Waals surface area contributed by atoms with Gasteiger partial charge in [-0.25, -0.2) is 0 Å². The Balaban J connectivity index is 1.53. The Hall–Kier alpha value is -1.39. The van der Waals surface area contributed by atoms with Gasteiger partial charge in [-0.2, -0.15) is 0 Å². The van der Waals surface area contributed by atoms with Crippen LogP contribution in [0.25, 0.3) is 0 Å². The van der Waals surface area contributed by atoms with Crippen molar-refractivity contribution in [3.05, 3.63) is 35.9 Å². The lowest BCUT2D eigenvalue weighted by Gasteiger charge is -2.35. The van der Waals surface area contributed by atoms with Gasteiger partial charge in [-0.15, -0.1) is 0 Å². The van der Waals surface area contributed by atoms with Crippen LogP contribution in [0.3, 0.4) is 0 Å². The van der Waals surface area contributed by atoms with Gasteiger partial charge in [0.05, 0.1) is 18.6 Å². The number of amides is 1. The fourth-order valence-electron chi connectivity index (χ4n) is 4.71. The number of ether oxygens (including phenoxy) is 1. The molecular weight excluding hydrogens is 288 g/mol. The van der Waals surface area contributed by atoms with E-state index in [2.05, 4.69) is 54.8 Å². The molecule has 3 fully saturated rings. The van der Waals surface area contributed by atoms with Crippen molar-refractivity contribution in [1.82, 2.24) is 9.80 Å². The summed E-state index contributed by atoms with van der Waals surface area (Å²) in [6.45, 7) is 9.91. The summed E-state index contributed by atoms with van der Waals surface area (Å²) >= 11 is 0. The van der Waals surface area contributed by atoms with Gasteiger partial charge in [-0.3, -0.25) is 9.69 Å². The lowest BCUT2D eigenvalue weighted by molar-refractivity contribution is -0.141. The molecule has 0 unspecified atom stereocenters. The average Bonchev–Trinajstić information content (AvgIpc) is 3.14. The molecule has 0 N–H and O–H groups in total. The van der Waals surface area contributed by atoms with E-state index < -0.39 is 5.72 Å². The second-order valence-corrected chi connectivity index (χ2v) is 7.78. The Bertz CT molecular complexity index is 603. The Kier molecular flexibility index (Phi) is 3.50. The quantitative estimate of drug-likeness (QED) is 0.858. The van der Waals surface area contributed by atoms with E-state index in [-0.39, 0.29) is 12.0 Å². The van der Waals surface area contributed by atoms with Crippen molar-refractivity contribution in [3.8, 4) is 0 Å². The molecule has 0 saturated carbocycles.